The molecule has 0 saturated heterocycles. The van der Waals surface area contributed by atoms with Crippen molar-refractivity contribution in [2.75, 3.05) is 13.2 Å². The van der Waals surface area contributed by atoms with E-state index in [1.165, 1.54) is 12.1 Å². The third-order valence-corrected chi connectivity index (χ3v) is 2.67. The Balaban J connectivity index is 2.07. The van der Waals surface area contributed by atoms with Gasteiger partial charge < -0.3 is 9.47 Å². The lowest BCUT2D eigenvalue weighted by molar-refractivity contribution is -0.142. The zero-order valence-electron chi connectivity index (χ0n) is 11.6. The Labute approximate surface area is 117 Å². The maximum atomic E-state index is 13.1. The van der Waals surface area contributed by atoms with Gasteiger partial charge in [0, 0.05) is 13.2 Å². The zero-order chi connectivity index (χ0) is 14.4. The van der Waals surface area contributed by atoms with Crippen LogP contribution >= 0.6 is 0 Å². The van der Waals surface area contributed by atoms with Gasteiger partial charge in [-0.3, -0.25) is 0 Å². The predicted molar refractivity (Wildman–Crippen MR) is 71.5 cm³/mol. The smallest absolute Gasteiger partial charge is 0.204 e. The second-order valence-electron chi connectivity index (χ2n) is 4.21. The Morgan fingerprint density at radius 2 is 2.00 bits per heavy atom. The summed E-state index contributed by atoms with van der Waals surface area (Å²) in [4.78, 5) is 0. The van der Waals surface area contributed by atoms with Crippen LogP contribution in [0.15, 0.2) is 30.5 Å². The molecule has 0 atom stereocenters. The first-order chi connectivity index (χ1) is 9.72. The Morgan fingerprint density at radius 1 is 1.25 bits per heavy atom. The number of halogens is 1. The van der Waals surface area contributed by atoms with Crippen LogP contribution in [0, 0.1) is 5.82 Å². The standard InChI is InChI=1S/C14H18FN3O2/c1-3-19-14(20-4-2)13-10-18(17-16-13)9-11-6-5-7-12(15)8-11/h5-8,10,14H,3-4,9H2,1-2H3. The van der Waals surface area contributed by atoms with Crippen molar-refractivity contribution in [2.45, 2.75) is 26.7 Å². The molecule has 2 rings (SSSR count). The van der Waals surface area contributed by atoms with Crippen LogP contribution in [0.3, 0.4) is 0 Å². The summed E-state index contributed by atoms with van der Waals surface area (Å²) in [6.45, 7) is 5.30. The summed E-state index contributed by atoms with van der Waals surface area (Å²) in [7, 11) is 0. The minimum absolute atomic E-state index is 0.260. The van der Waals surface area contributed by atoms with Crippen LogP contribution in [0.4, 0.5) is 4.39 Å². The van der Waals surface area contributed by atoms with Crippen LogP contribution < -0.4 is 0 Å². The number of nitrogens with zero attached hydrogens (tertiary/aromatic N) is 3. The molecule has 0 aliphatic carbocycles. The van der Waals surface area contributed by atoms with Gasteiger partial charge in [0.15, 0.2) is 0 Å². The van der Waals surface area contributed by atoms with Crippen LogP contribution in [0.1, 0.15) is 31.4 Å². The highest BCUT2D eigenvalue weighted by Gasteiger charge is 2.15. The van der Waals surface area contributed by atoms with Crippen molar-refractivity contribution in [2.24, 2.45) is 0 Å². The molecule has 1 aromatic carbocycles. The number of benzene rings is 1. The first-order valence-electron chi connectivity index (χ1n) is 6.60. The van der Waals surface area contributed by atoms with Crippen molar-refractivity contribution in [3.63, 3.8) is 0 Å². The molecule has 0 spiro atoms. The topological polar surface area (TPSA) is 49.2 Å². The van der Waals surface area contributed by atoms with Gasteiger partial charge in [0.05, 0.1) is 12.7 Å². The lowest BCUT2D eigenvalue weighted by atomic mass is 10.2. The third kappa shape index (κ3) is 3.85. The molecule has 0 N–H and O–H groups in total. The Bertz CT molecular complexity index is 539. The molecule has 5 nitrogen and oxygen atoms in total. The van der Waals surface area contributed by atoms with E-state index in [9.17, 15) is 4.39 Å². The number of aromatic nitrogens is 3. The summed E-state index contributed by atoms with van der Waals surface area (Å²) in [6, 6.07) is 6.40. The largest absolute Gasteiger partial charge is 0.347 e. The van der Waals surface area contributed by atoms with E-state index in [0.29, 0.717) is 25.5 Å². The van der Waals surface area contributed by atoms with E-state index < -0.39 is 6.29 Å². The molecule has 1 aromatic heterocycles. The van der Waals surface area contributed by atoms with E-state index in [4.69, 9.17) is 9.47 Å². The molecule has 6 heteroatoms. The molecule has 0 aliphatic rings. The minimum Gasteiger partial charge on any atom is -0.347 e. The maximum Gasteiger partial charge on any atom is 0.204 e. The fourth-order valence-corrected chi connectivity index (χ4v) is 1.84. The van der Waals surface area contributed by atoms with Crippen LogP contribution in [-0.4, -0.2) is 28.2 Å². The lowest BCUT2D eigenvalue weighted by Gasteiger charge is -2.13. The van der Waals surface area contributed by atoms with Crippen molar-refractivity contribution in [1.82, 2.24) is 15.0 Å². The maximum absolute atomic E-state index is 13.1. The van der Waals surface area contributed by atoms with E-state index in [1.807, 2.05) is 19.9 Å². The molecule has 0 saturated carbocycles. The van der Waals surface area contributed by atoms with Gasteiger partial charge in [0.2, 0.25) is 6.29 Å². The zero-order valence-corrected chi connectivity index (χ0v) is 11.6. The van der Waals surface area contributed by atoms with Crippen LogP contribution in [-0.2, 0) is 16.0 Å². The van der Waals surface area contributed by atoms with Gasteiger partial charge in [0.1, 0.15) is 11.5 Å². The average Bonchev–Trinajstić information content (AvgIpc) is 2.87. The van der Waals surface area contributed by atoms with Crippen LogP contribution in [0.25, 0.3) is 0 Å². The summed E-state index contributed by atoms with van der Waals surface area (Å²) in [5.41, 5.74) is 1.44. The molecule has 2 aromatic rings. The van der Waals surface area contributed by atoms with Gasteiger partial charge in [-0.2, -0.15) is 0 Å². The monoisotopic (exact) mass is 279 g/mol. The highest BCUT2D eigenvalue weighted by atomic mass is 19.1. The molecule has 0 aliphatic heterocycles. The van der Waals surface area contributed by atoms with E-state index in [2.05, 4.69) is 10.3 Å². The Hall–Kier alpha value is -1.79. The molecule has 20 heavy (non-hydrogen) atoms. The highest BCUT2D eigenvalue weighted by molar-refractivity contribution is 5.16. The van der Waals surface area contributed by atoms with Crippen molar-refractivity contribution in [3.8, 4) is 0 Å². The molecule has 0 bridgehead atoms. The highest BCUT2D eigenvalue weighted by Crippen LogP contribution is 2.16. The minimum atomic E-state index is -0.508. The molecular formula is C14H18FN3O2. The van der Waals surface area contributed by atoms with Gasteiger partial charge >= 0.3 is 0 Å². The van der Waals surface area contributed by atoms with Gasteiger partial charge in [-0.1, -0.05) is 17.3 Å². The number of ether oxygens (including phenoxy) is 2. The Kier molecular flexibility index (Phi) is 5.20. The van der Waals surface area contributed by atoms with E-state index >= 15 is 0 Å². The molecule has 0 radical (unpaired) electrons. The Morgan fingerprint density at radius 3 is 2.65 bits per heavy atom. The van der Waals surface area contributed by atoms with E-state index in [-0.39, 0.29) is 5.82 Å². The van der Waals surface area contributed by atoms with Crippen molar-refractivity contribution in [1.29, 1.82) is 0 Å². The summed E-state index contributed by atoms with van der Waals surface area (Å²) in [5, 5.41) is 8.05. The summed E-state index contributed by atoms with van der Waals surface area (Å²) in [5.74, 6) is -0.260. The summed E-state index contributed by atoms with van der Waals surface area (Å²) in [6.07, 6.45) is 1.24. The van der Waals surface area contributed by atoms with Crippen molar-refractivity contribution >= 4 is 0 Å². The van der Waals surface area contributed by atoms with Gasteiger partial charge in [-0.15, -0.1) is 5.10 Å². The number of rotatable bonds is 7. The second kappa shape index (κ2) is 7.12. The first-order valence-corrected chi connectivity index (χ1v) is 6.60. The van der Waals surface area contributed by atoms with Gasteiger partial charge in [-0.25, -0.2) is 9.07 Å². The fraction of sp³-hybridized carbons (Fsp3) is 0.429. The number of hydrogen-bond acceptors (Lipinski definition) is 4. The normalized spacial score (nSPS) is 11.2. The predicted octanol–water partition coefficient (Wildman–Crippen LogP) is 2.54. The third-order valence-electron chi connectivity index (χ3n) is 2.67. The quantitative estimate of drug-likeness (QED) is 0.731. The second-order valence-corrected chi connectivity index (χ2v) is 4.21. The molecule has 1 heterocycles. The molecule has 0 unspecified atom stereocenters. The molecule has 0 fully saturated rings. The van der Waals surface area contributed by atoms with E-state index in [0.717, 1.165) is 5.56 Å². The van der Waals surface area contributed by atoms with Crippen molar-refractivity contribution < 1.29 is 13.9 Å². The summed E-state index contributed by atoms with van der Waals surface area (Å²) >= 11 is 0. The van der Waals surface area contributed by atoms with Crippen LogP contribution in [0.5, 0.6) is 0 Å². The van der Waals surface area contributed by atoms with Crippen molar-refractivity contribution in [3.05, 3.63) is 47.5 Å². The lowest BCUT2D eigenvalue weighted by Crippen LogP contribution is -2.09. The van der Waals surface area contributed by atoms with E-state index in [1.54, 1.807) is 16.9 Å². The van der Waals surface area contributed by atoms with Gasteiger partial charge in [0.25, 0.3) is 0 Å². The first kappa shape index (κ1) is 14.6. The molecule has 0 amide bonds. The molecular weight excluding hydrogens is 261 g/mol. The fourth-order valence-electron chi connectivity index (χ4n) is 1.84. The summed E-state index contributed by atoms with van der Waals surface area (Å²) < 4.78 is 25.7. The number of hydrogen-bond donors (Lipinski definition) is 0. The molecule has 108 valence electrons. The average molecular weight is 279 g/mol. The van der Waals surface area contributed by atoms with Crippen LogP contribution in [0.2, 0.25) is 0 Å². The van der Waals surface area contributed by atoms with Gasteiger partial charge in [-0.05, 0) is 31.5 Å². The SMILES string of the molecule is CCOC(OCC)c1cn(Cc2cccc(F)c2)nn1.